The first kappa shape index (κ1) is 11.0. The molecule has 0 heterocycles. The Balaban J connectivity index is 2.08. The van der Waals surface area contributed by atoms with E-state index in [1.54, 1.807) is 0 Å². The summed E-state index contributed by atoms with van der Waals surface area (Å²) in [6.07, 6.45) is 4.23. The monoisotopic (exact) mass is 188 g/mol. The first-order valence-electron chi connectivity index (χ1n) is 5.13. The molecule has 2 N–H and O–H groups in total. The molecule has 1 aliphatic rings. The van der Waals surface area contributed by atoms with E-state index in [4.69, 9.17) is 14.9 Å². The van der Waals surface area contributed by atoms with Gasteiger partial charge in [0.2, 0.25) is 0 Å². The van der Waals surface area contributed by atoms with E-state index >= 15 is 0 Å². The summed E-state index contributed by atoms with van der Waals surface area (Å²) in [6, 6.07) is 0. The van der Waals surface area contributed by atoms with E-state index in [2.05, 4.69) is 6.92 Å². The van der Waals surface area contributed by atoms with Crippen LogP contribution in [0, 0.1) is 5.92 Å². The maximum Gasteiger partial charge on any atom is 0.100 e. The van der Waals surface area contributed by atoms with Crippen LogP contribution in [-0.4, -0.2) is 35.6 Å². The summed E-state index contributed by atoms with van der Waals surface area (Å²) in [7, 11) is 0. The second-order valence-corrected chi connectivity index (χ2v) is 4.05. The molecule has 3 heteroatoms. The average molecular weight is 188 g/mol. The van der Waals surface area contributed by atoms with Gasteiger partial charge >= 0.3 is 0 Å². The van der Waals surface area contributed by atoms with Crippen LogP contribution in [-0.2, 0) is 4.74 Å². The first-order valence-corrected chi connectivity index (χ1v) is 5.13. The van der Waals surface area contributed by atoms with Crippen molar-refractivity contribution in [2.75, 3.05) is 13.2 Å². The Morgan fingerprint density at radius 2 is 1.92 bits per heavy atom. The summed E-state index contributed by atoms with van der Waals surface area (Å²) in [4.78, 5) is 0. The van der Waals surface area contributed by atoms with E-state index in [0.29, 0.717) is 6.10 Å². The number of aliphatic hydroxyl groups is 2. The molecular weight excluding hydrogens is 168 g/mol. The van der Waals surface area contributed by atoms with Gasteiger partial charge in [-0.2, -0.15) is 0 Å². The smallest absolute Gasteiger partial charge is 0.100 e. The molecule has 0 spiro atoms. The van der Waals surface area contributed by atoms with Crippen molar-refractivity contribution < 1.29 is 14.9 Å². The van der Waals surface area contributed by atoms with E-state index in [1.165, 1.54) is 12.8 Å². The van der Waals surface area contributed by atoms with Crippen molar-refractivity contribution in [3.63, 3.8) is 0 Å². The molecule has 78 valence electrons. The molecular formula is C10H20O3. The molecule has 0 aromatic rings. The molecule has 1 atom stereocenters. The minimum Gasteiger partial charge on any atom is -0.394 e. The van der Waals surface area contributed by atoms with Gasteiger partial charge in [-0.1, -0.05) is 6.92 Å². The summed E-state index contributed by atoms with van der Waals surface area (Å²) in [5.41, 5.74) is 0. The van der Waals surface area contributed by atoms with Crippen LogP contribution in [0.3, 0.4) is 0 Å². The summed E-state index contributed by atoms with van der Waals surface area (Å²) in [5.74, 6) is 0.822. The molecule has 0 bridgehead atoms. The first-order chi connectivity index (χ1) is 6.22. The van der Waals surface area contributed by atoms with Crippen molar-refractivity contribution in [3.05, 3.63) is 0 Å². The minimum atomic E-state index is -0.709. The predicted octanol–water partition coefficient (Wildman–Crippen LogP) is 0.935. The van der Waals surface area contributed by atoms with E-state index in [1.807, 2.05) is 0 Å². The van der Waals surface area contributed by atoms with E-state index in [-0.39, 0.29) is 13.2 Å². The predicted molar refractivity (Wildman–Crippen MR) is 50.5 cm³/mol. The molecule has 13 heavy (non-hydrogen) atoms. The second kappa shape index (κ2) is 5.58. The normalized spacial score (nSPS) is 31.6. The van der Waals surface area contributed by atoms with Crippen molar-refractivity contribution in [2.24, 2.45) is 5.92 Å². The standard InChI is InChI=1S/C10H20O3/c1-8-2-4-10(5-3-8)13-7-9(12)6-11/h8-12H,2-7H2,1H3. The Bertz CT molecular complexity index is 130. The molecule has 3 nitrogen and oxygen atoms in total. The summed E-state index contributed by atoms with van der Waals surface area (Å²) in [6.45, 7) is 2.33. The lowest BCUT2D eigenvalue weighted by Gasteiger charge is -2.26. The minimum absolute atomic E-state index is 0.205. The Hall–Kier alpha value is -0.120. The van der Waals surface area contributed by atoms with Gasteiger partial charge in [-0.25, -0.2) is 0 Å². The van der Waals surface area contributed by atoms with Gasteiger partial charge in [-0.3, -0.25) is 0 Å². The molecule has 1 saturated carbocycles. The van der Waals surface area contributed by atoms with Crippen LogP contribution in [0.1, 0.15) is 32.6 Å². The summed E-state index contributed by atoms with van der Waals surface area (Å²) < 4.78 is 5.47. The van der Waals surface area contributed by atoms with Crippen molar-refractivity contribution in [1.82, 2.24) is 0 Å². The molecule has 0 aromatic heterocycles. The Morgan fingerprint density at radius 1 is 1.31 bits per heavy atom. The van der Waals surface area contributed by atoms with Crippen molar-refractivity contribution in [2.45, 2.75) is 44.8 Å². The molecule has 0 aromatic carbocycles. The van der Waals surface area contributed by atoms with Gasteiger partial charge in [-0.05, 0) is 31.6 Å². The van der Waals surface area contributed by atoms with Crippen molar-refractivity contribution in [3.8, 4) is 0 Å². The topological polar surface area (TPSA) is 49.7 Å². The molecule has 0 saturated heterocycles. The lowest BCUT2D eigenvalue weighted by Crippen LogP contribution is -2.27. The van der Waals surface area contributed by atoms with Gasteiger partial charge in [0, 0.05) is 0 Å². The van der Waals surface area contributed by atoms with E-state index in [9.17, 15) is 0 Å². The lowest BCUT2D eigenvalue weighted by molar-refractivity contribution is -0.0433. The second-order valence-electron chi connectivity index (χ2n) is 4.05. The van der Waals surface area contributed by atoms with Crippen LogP contribution in [0.15, 0.2) is 0 Å². The number of aliphatic hydroxyl groups excluding tert-OH is 2. The Labute approximate surface area is 79.7 Å². The van der Waals surface area contributed by atoms with E-state index < -0.39 is 6.10 Å². The third-order valence-corrected chi connectivity index (χ3v) is 2.70. The highest BCUT2D eigenvalue weighted by molar-refractivity contribution is 4.70. The number of hydrogen-bond acceptors (Lipinski definition) is 3. The van der Waals surface area contributed by atoms with Gasteiger partial charge in [-0.15, -0.1) is 0 Å². The van der Waals surface area contributed by atoms with Crippen LogP contribution < -0.4 is 0 Å². The average Bonchev–Trinajstić information content (AvgIpc) is 2.16. The molecule has 1 rings (SSSR count). The molecule has 1 aliphatic carbocycles. The summed E-state index contributed by atoms with van der Waals surface area (Å²) in [5, 5.41) is 17.6. The van der Waals surface area contributed by atoms with Crippen LogP contribution in [0.4, 0.5) is 0 Å². The number of ether oxygens (including phenoxy) is 1. The fraction of sp³-hybridized carbons (Fsp3) is 1.00. The largest absolute Gasteiger partial charge is 0.394 e. The third kappa shape index (κ3) is 4.07. The maximum atomic E-state index is 9.07. The highest BCUT2D eigenvalue weighted by atomic mass is 16.5. The van der Waals surface area contributed by atoms with Crippen LogP contribution >= 0.6 is 0 Å². The molecule has 0 amide bonds. The SMILES string of the molecule is CC1CCC(OCC(O)CO)CC1. The van der Waals surface area contributed by atoms with Crippen LogP contribution in [0.2, 0.25) is 0 Å². The fourth-order valence-corrected chi connectivity index (χ4v) is 1.70. The van der Waals surface area contributed by atoms with Crippen molar-refractivity contribution in [1.29, 1.82) is 0 Å². The van der Waals surface area contributed by atoms with Gasteiger partial charge < -0.3 is 14.9 Å². The summed E-state index contributed by atoms with van der Waals surface area (Å²) >= 11 is 0. The zero-order valence-corrected chi connectivity index (χ0v) is 8.28. The maximum absolute atomic E-state index is 9.07. The molecule has 0 radical (unpaired) electrons. The zero-order valence-electron chi connectivity index (χ0n) is 8.28. The van der Waals surface area contributed by atoms with E-state index in [0.717, 1.165) is 18.8 Å². The highest BCUT2D eigenvalue weighted by Crippen LogP contribution is 2.25. The Kier molecular flexibility index (Phi) is 4.70. The van der Waals surface area contributed by atoms with Crippen molar-refractivity contribution >= 4 is 0 Å². The fourth-order valence-electron chi connectivity index (χ4n) is 1.70. The highest BCUT2D eigenvalue weighted by Gasteiger charge is 2.19. The molecule has 0 aliphatic heterocycles. The zero-order chi connectivity index (χ0) is 9.68. The molecule has 1 unspecified atom stereocenters. The van der Waals surface area contributed by atoms with Gasteiger partial charge in [0.25, 0.3) is 0 Å². The van der Waals surface area contributed by atoms with Gasteiger partial charge in [0.15, 0.2) is 0 Å². The Morgan fingerprint density at radius 3 is 2.46 bits per heavy atom. The quantitative estimate of drug-likeness (QED) is 0.690. The third-order valence-electron chi connectivity index (χ3n) is 2.70. The number of hydrogen-bond donors (Lipinski definition) is 2. The van der Waals surface area contributed by atoms with Crippen LogP contribution in [0.5, 0.6) is 0 Å². The lowest BCUT2D eigenvalue weighted by atomic mass is 9.89. The van der Waals surface area contributed by atoms with Gasteiger partial charge in [0.05, 0.1) is 19.3 Å². The van der Waals surface area contributed by atoms with Crippen LogP contribution in [0.25, 0.3) is 0 Å². The van der Waals surface area contributed by atoms with Gasteiger partial charge in [0.1, 0.15) is 6.10 Å². The number of rotatable bonds is 4. The molecule has 1 fully saturated rings.